The Labute approximate surface area is 89.7 Å². The number of nitrogens with zero attached hydrogens (tertiary/aromatic N) is 4. The van der Waals surface area contributed by atoms with Crippen LogP contribution in [0, 0.1) is 20.2 Å². The van der Waals surface area contributed by atoms with E-state index >= 15 is 0 Å². The minimum atomic E-state index is -0.869. The van der Waals surface area contributed by atoms with Gasteiger partial charge in [0.2, 0.25) is 0 Å². The number of hydrazine groups is 1. The Kier molecular flexibility index (Phi) is 8.80. The predicted molar refractivity (Wildman–Crippen MR) is 55.4 cm³/mol. The Bertz CT molecular complexity index is 298. The van der Waals surface area contributed by atoms with E-state index in [0.29, 0.717) is 0 Å². The van der Waals surface area contributed by atoms with Gasteiger partial charge >= 0.3 is 0 Å². The van der Waals surface area contributed by atoms with Crippen LogP contribution in [0.2, 0.25) is 0 Å². The van der Waals surface area contributed by atoms with Gasteiger partial charge in [0.05, 0.1) is 0 Å². The first-order valence-electron chi connectivity index (χ1n) is 3.63. The normalized spacial score (nSPS) is 10.9. The van der Waals surface area contributed by atoms with Crippen LogP contribution < -0.4 is 22.2 Å². The van der Waals surface area contributed by atoms with Gasteiger partial charge in [-0.1, -0.05) is 5.43 Å². The minimum absolute atomic E-state index is 0.199. The molecule has 0 heterocycles. The molecule has 0 aliphatic heterocycles. The highest BCUT2D eigenvalue weighted by molar-refractivity contribution is 5.76. The number of nitro groups is 2. The van der Waals surface area contributed by atoms with E-state index in [-0.39, 0.29) is 11.9 Å². The van der Waals surface area contributed by atoms with E-state index in [1.165, 1.54) is 14.1 Å². The van der Waals surface area contributed by atoms with Gasteiger partial charge in [-0.05, 0) is 0 Å². The van der Waals surface area contributed by atoms with Crippen LogP contribution in [0.15, 0.2) is 10.1 Å². The molecule has 12 heteroatoms. The molecule has 0 fully saturated rings. The van der Waals surface area contributed by atoms with Gasteiger partial charge < -0.3 is 16.8 Å². The highest BCUT2D eigenvalue weighted by atomic mass is 16.7. The maximum atomic E-state index is 9.50. The lowest BCUT2D eigenvalue weighted by molar-refractivity contribution is -0.525. The monoisotopic (exact) mass is 236 g/mol. The predicted octanol–water partition coefficient (Wildman–Crippen LogP) is -2.58. The van der Waals surface area contributed by atoms with Gasteiger partial charge in [0.1, 0.15) is 5.10 Å². The van der Waals surface area contributed by atoms with Crippen molar-refractivity contribution >= 4 is 11.9 Å². The van der Waals surface area contributed by atoms with Crippen molar-refractivity contribution in [1.29, 1.82) is 0 Å². The molecule has 0 atom stereocenters. The second-order valence-corrected chi connectivity index (χ2v) is 1.95. The molecule has 0 bridgehead atoms. The molecule has 0 rings (SSSR count). The van der Waals surface area contributed by atoms with Gasteiger partial charge in [0, 0.05) is 14.1 Å². The molecule has 0 saturated heterocycles. The van der Waals surface area contributed by atoms with Crippen molar-refractivity contribution in [3.8, 4) is 0 Å². The molecule has 0 radical (unpaired) electrons. The van der Waals surface area contributed by atoms with Crippen LogP contribution in [0.25, 0.3) is 0 Å². The van der Waals surface area contributed by atoms with Crippen LogP contribution in [0.3, 0.4) is 0 Å². The van der Waals surface area contributed by atoms with E-state index in [0.717, 1.165) is 0 Å². The van der Waals surface area contributed by atoms with Crippen LogP contribution in [0.4, 0.5) is 0 Å². The Hall–Kier alpha value is -2.66. The lowest BCUT2D eigenvalue weighted by Gasteiger charge is -1.89. The number of rotatable bonds is 2. The first-order chi connectivity index (χ1) is 7.33. The lowest BCUT2D eigenvalue weighted by Crippen LogP contribution is -2.35. The number of hydrazone groups is 1. The summed E-state index contributed by atoms with van der Waals surface area (Å²) in [6, 6.07) is 0. The van der Waals surface area contributed by atoms with Crippen LogP contribution in [-0.4, -0.2) is 36.1 Å². The van der Waals surface area contributed by atoms with E-state index in [9.17, 15) is 20.2 Å². The van der Waals surface area contributed by atoms with E-state index in [2.05, 4.69) is 15.4 Å². The standard InChI is InChI=1S/2C2H6N4O2/c2*1-4-2(3)5-6(7)8/h2*1H3,(H3,3,4,5). The van der Waals surface area contributed by atoms with E-state index in [1.54, 1.807) is 5.43 Å². The lowest BCUT2D eigenvalue weighted by atomic mass is 11.0. The van der Waals surface area contributed by atoms with Crippen molar-refractivity contribution in [2.75, 3.05) is 14.1 Å². The molecule has 0 amide bonds. The SMILES string of the molecule is CN/C(N)=N/[N+](=O)[O-].CN=C(N)N[N+](=O)[O-]. The fourth-order valence-corrected chi connectivity index (χ4v) is 0.281. The third-order valence-corrected chi connectivity index (χ3v) is 0.892. The zero-order valence-electron chi connectivity index (χ0n) is 8.58. The van der Waals surface area contributed by atoms with Crippen LogP contribution in [-0.2, 0) is 0 Å². The summed E-state index contributed by atoms with van der Waals surface area (Å²) in [6.07, 6.45) is 0. The van der Waals surface area contributed by atoms with Crippen molar-refractivity contribution in [1.82, 2.24) is 10.7 Å². The number of guanidine groups is 2. The van der Waals surface area contributed by atoms with Gasteiger partial charge in [-0.2, -0.15) is 0 Å². The van der Waals surface area contributed by atoms with Crippen molar-refractivity contribution in [3.05, 3.63) is 20.2 Å². The number of hydrogen-bond donors (Lipinski definition) is 4. The number of aliphatic imine (C=N–C) groups is 1. The van der Waals surface area contributed by atoms with Gasteiger partial charge in [-0.3, -0.25) is 4.99 Å². The Morgan fingerprint density at radius 1 is 1.25 bits per heavy atom. The fraction of sp³-hybridized carbons (Fsp3) is 0.500. The maximum absolute atomic E-state index is 9.50. The summed E-state index contributed by atoms with van der Waals surface area (Å²) in [7, 11) is 2.80. The summed E-state index contributed by atoms with van der Waals surface area (Å²) < 4.78 is 0. The average Bonchev–Trinajstić information content (AvgIpc) is 2.16. The molecule has 0 aromatic carbocycles. The minimum Gasteiger partial charge on any atom is -0.365 e. The van der Waals surface area contributed by atoms with E-state index in [1.807, 2.05) is 0 Å². The molecule has 12 nitrogen and oxygen atoms in total. The largest absolute Gasteiger partial charge is 0.365 e. The van der Waals surface area contributed by atoms with Crippen molar-refractivity contribution in [2.45, 2.75) is 0 Å². The molecule has 0 aromatic rings. The van der Waals surface area contributed by atoms with Gasteiger partial charge in [-0.25, -0.2) is 20.2 Å². The van der Waals surface area contributed by atoms with Crippen LogP contribution in [0.5, 0.6) is 0 Å². The Morgan fingerprint density at radius 3 is 1.88 bits per heavy atom. The second kappa shape index (κ2) is 8.92. The first-order valence-corrected chi connectivity index (χ1v) is 3.63. The summed E-state index contributed by atoms with van der Waals surface area (Å²) in [5, 5.41) is 22.3. The molecule has 0 aliphatic carbocycles. The topological polar surface area (TPSA) is 187 Å². The molecule has 0 saturated carbocycles. The first kappa shape index (κ1) is 15.8. The Morgan fingerprint density at radius 2 is 1.75 bits per heavy atom. The van der Waals surface area contributed by atoms with Crippen molar-refractivity contribution in [3.63, 3.8) is 0 Å². The van der Waals surface area contributed by atoms with Gasteiger partial charge in [0.25, 0.3) is 11.9 Å². The molecule has 16 heavy (non-hydrogen) atoms. The van der Waals surface area contributed by atoms with E-state index < -0.39 is 10.1 Å². The quantitative estimate of drug-likeness (QED) is 0.174. The fourth-order valence-electron chi connectivity index (χ4n) is 0.281. The molecule has 0 aliphatic rings. The van der Waals surface area contributed by atoms with Crippen LogP contribution in [0.1, 0.15) is 0 Å². The molecule has 92 valence electrons. The molecular weight excluding hydrogens is 224 g/mol. The summed E-state index contributed by atoms with van der Waals surface area (Å²) in [6.45, 7) is 0. The molecule has 6 N–H and O–H groups in total. The molecular formula is C4H12N8O4. The van der Waals surface area contributed by atoms with Gasteiger partial charge in [0.15, 0.2) is 10.1 Å². The summed E-state index contributed by atoms with van der Waals surface area (Å²) >= 11 is 0. The summed E-state index contributed by atoms with van der Waals surface area (Å²) in [4.78, 5) is 22.2. The van der Waals surface area contributed by atoms with Crippen molar-refractivity contribution < 1.29 is 10.1 Å². The average molecular weight is 236 g/mol. The summed E-state index contributed by atoms with van der Waals surface area (Å²) in [5.74, 6) is -0.398. The van der Waals surface area contributed by atoms with Crippen molar-refractivity contribution in [2.24, 2.45) is 21.6 Å². The maximum Gasteiger partial charge on any atom is 0.265 e. The van der Waals surface area contributed by atoms with Gasteiger partial charge in [-0.15, -0.1) is 0 Å². The highest BCUT2D eigenvalue weighted by Gasteiger charge is 1.93. The number of nitrogens with two attached hydrogens (primary N) is 2. The molecule has 0 spiro atoms. The number of hydrogen-bond acceptors (Lipinski definition) is 5. The smallest absolute Gasteiger partial charge is 0.265 e. The Balaban J connectivity index is 0. The molecule has 0 unspecified atom stereocenters. The number of nitrogens with one attached hydrogen (secondary N) is 2. The van der Waals surface area contributed by atoms with E-state index in [4.69, 9.17) is 11.5 Å². The zero-order valence-corrected chi connectivity index (χ0v) is 8.58. The molecule has 0 aromatic heterocycles. The third kappa shape index (κ3) is 13.9. The second-order valence-electron chi connectivity index (χ2n) is 1.95. The highest BCUT2D eigenvalue weighted by Crippen LogP contribution is 1.65. The zero-order chi connectivity index (χ0) is 13.1. The summed E-state index contributed by atoms with van der Waals surface area (Å²) in [5.41, 5.74) is 11.4. The third-order valence-electron chi connectivity index (χ3n) is 0.892. The van der Waals surface area contributed by atoms with Crippen LogP contribution >= 0.6 is 0 Å².